The molecular weight excluding hydrogens is 393 g/mol. The van der Waals surface area contributed by atoms with Gasteiger partial charge in [-0.3, -0.25) is 0 Å². The molecule has 0 saturated carbocycles. The molecule has 2 aromatic carbocycles. The van der Waals surface area contributed by atoms with Crippen LogP contribution in [0.4, 0.5) is 9.18 Å². The third kappa shape index (κ3) is 7.24. The van der Waals surface area contributed by atoms with Crippen molar-refractivity contribution in [2.45, 2.75) is 45.7 Å². The second kappa shape index (κ2) is 11.1. The molecule has 1 aliphatic heterocycles. The highest BCUT2D eigenvalue weighted by Crippen LogP contribution is 2.19. The molecule has 168 valence electrons. The van der Waals surface area contributed by atoms with Crippen molar-refractivity contribution >= 4 is 6.03 Å². The normalized spacial score (nSPS) is 21.2. The number of hydrogen-bond acceptors (Lipinski definition) is 3. The number of likely N-dealkylation sites (tertiary alicyclic amines) is 1. The Bertz CT molecular complexity index is 1240. The Balaban J connectivity index is 1.99. The molecule has 2 amide bonds. The molecule has 0 spiro atoms. The number of piperidine rings is 1. The summed E-state index contributed by atoms with van der Waals surface area (Å²) in [4.78, 5) is 16.3. The van der Waals surface area contributed by atoms with Gasteiger partial charge in [-0.25, -0.2) is 9.18 Å². The van der Waals surface area contributed by atoms with Gasteiger partial charge in [0.05, 0.1) is 20.3 Å². The number of rotatable bonds is 8. The molecule has 0 bridgehead atoms. The molecule has 1 fully saturated rings. The van der Waals surface area contributed by atoms with Crippen molar-refractivity contribution in [3.05, 3.63) is 65.4 Å². The lowest BCUT2D eigenvalue weighted by Gasteiger charge is -2.37. The van der Waals surface area contributed by atoms with E-state index in [1.165, 1.54) is 24.3 Å². The van der Waals surface area contributed by atoms with E-state index in [4.69, 9.17) is 18.4 Å². The smallest absolute Gasteiger partial charge is 0.318 e. The molecule has 0 unspecified atom stereocenters. The molecule has 31 heavy (non-hydrogen) atoms. The molecule has 1 saturated heterocycles. The van der Waals surface area contributed by atoms with Gasteiger partial charge in [-0.1, -0.05) is 38.1 Å². The molecule has 3 rings (SSSR count). The molecule has 0 aliphatic carbocycles. The van der Waals surface area contributed by atoms with Crippen molar-refractivity contribution in [3.8, 4) is 5.75 Å². The fourth-order valence-corrected chi connectivity index (χ4v) is 3.01. The Kier molecular flexibility index (Phi) is 4.70. The largest absolute Gasteiger partial charge is 0.493 e. The zero-order valence-electron chi connectivity index (χ0n) is 27.9. The third-order valence-electron chi connectivity index (χ3n) is 4.68. The maximum absolute atomic E-state index is 14.2. The van der Waals surface area contributed by atoms with Crippen LogP contribution in [0.1, 0.15) is 51.5 Å². The third-order valence-corrected chi connectivity index (χ3v) is 4.68. The van der Waals surface area contributed by atoms with Crippen molar-refractivity contribution in [1.29, 1.82) is 0 Å². The van der Waals surface area contributed by atoms with Crippen LogP contribution >= 0.6 is 0 Å². The van der Waals surface area contributed by atoms with Crippen LogP contribution in [0.3, 0.4) is 0 Å². The molecule has 0 radical (unpaired) electrons. The first-order chi connectivity index (χ1) is 18.8. The van der Waals surface area contributed by atoms with Crippen molar-refractivity contribution in [2.24, 2.45) is 5.92 Å². The monoisotopic (exact) mass is 437 g/mol. The molecule has 1 aliphatic rings. The number of carbonyl (C=O) groups is 1. The number of amides is 2. The summed E-state index contributed by atoms with van der Waals surface area (Å²) in [5, 5.41) is 2.18. The molecule has 0 aromatic heterocycles. The van der Waals surface area contributed by atoms with Gasteiger partial charge in [0.2, 0.25) is 0 Å². The van der Waals surface area contributed by atoms with E-state index < -0.39 is 73.1 Å². The highest BCUT2D eigenvalue weighted by Gasteiger charge is 2.27. The van der Waals surface area contributed by atoms with E-state index in [-0.39, 0.29) is 24.2 Å². The van der Waals surface area contributed by atoms with E-state index in [0.717, 1.165) is 0 Å². The van der Waals surface area contributed by atoms with E-state index in [9.17, 15) is 9.18 Å². The summed E-state index contributed by atoms with van der Waals surface area (Å²) in [5.74, 6) is -1.76. The quantitative estimate of drug-likeness (QED) is 0.653. The number of hydrogen-bond donors (Lipinski definition) is 1. The molecular formula is C25H34FN3O2. The van der Waals surface area contributed by atoms with Crippen LogP contribution in [0, 0.1) is 11.7 Å². The standard InChI is InChI=1S/C25H34FN3O2/c1-19(2)18-31-24-10-6-20(7-11-24)16-27-25(30)29(23-12-14-28(3)15-13-23)17-21-4-8-22(26)9-5-21/h4-11,19,23H,12-18H2,1-3H3,(H,27,30)/i4D,5D,8D,9D,16D2,17D2,18D2. The number of halogens is 1. The van der Waals surface area contributed by atoms with E-state index in [1.807, 2.05) is 11.9 Å². The highest BCUT2D eigenvalue weighted by molar-refractivity contribution is 5.74. The van der Waals surface area contributed by atoms with Gasteiger partial charge in [0, 0.05) is 19.0 Å². The Labute approximate surface area is 199 Å². The lowest BCUT2D eigenvalue weighted by atomic mass is 10.0. The average molecular weight is 438 g/mol. The highest BCUT2D eigenvalue weighted by atomic mass is 19.1. The van der Waals surface area contributed by atoms with Gasteiger partial charge in [0.1, 0.15) is 11.6 Å². The summed E-state index contributed by atoms with van der Waals surface area (Å²) in [6, 6.07) is -0.830. The minimum atomic E-state index is -2.98. The van der Waals surface area contributed by atoms with E-state index in [2.05, 4.69) is 5.32 Å². The van der Waals surface area contributed by atoms with Gasteiger partial charge in [0.25, 0.3) is 0 Å². The molecule has 5 nitrogen and oxygen atoms in total. The number of nitrogens with zero attached hydrogens (tertiary/aromatic N) is 2. The summed E-state index contributed by atoms with van der Waals surface area (Å²) in [6.07, 6.45) is 0.555. The maximum Gasteiger partial charge on any atom is 0.318 e. The van der Waals surface area contributed by atoms with Gasteiger partial charge >= 0.3 is 6.03 Å². The van der Waals surface area contributed by atoms with Crippen LogP contribution < -0.4 is 10.1 Å². The second-order valence-corrected chi connectivity index (χ2v) is 7.66. The fourth-order valence-electron chi connectivity index (χ4n) is 3.01. The zero-order valence-corrected chi connectivity index (χ0v) is 17.9. The average Bonchev–Trinajstić information content (AvgIpc) is 2.87. The van der Waals surface area contributed by atoms with E-state index in [0.29, 0.717) is 18.0 Å². The number of ether oxygens (including phenoxy) is 1. The number of nitrogens with one attached hydrogen (secondary N) is 1. The Morgan fingerprint density at radius 1 is 1.23 bits per heavy atom. The lowest BCUT2D eigenvalue weighted by molar-refractivity contribution is 0.127. The topological polar surface area (TPSA) is 44.8 Å². The molecule has 6 heteroatoms. The number of urea groups is 1. The summed E-state index contributed by atoms with van der Waals surface area (Å²) in [7, 11) is 1.84. The van der Waals surface area contributed by atoms with Crippen LogP contribution in [0.15, 0.2) is 48.4 Å². The Hall–Kier alpha value is -2.60. The van der Waals surface area contributed by atoms with Gasteiger partial charge in [-0.05, 0) is 74.2 Å². The van der Waals surface area contributed by atoms with Crippen LogP contribution in [-0.2, 0) is 13.0 Å². The van der Waals surface area contributed by atoms with Crippen LogP contribution in [0.5, 0.6) is 5.75 Å². The molecule has 1 heterocycles. The van der Waals surface area contributed by atoms with Gasteiger partial charge in [-0.15, -0.1) is 0 Å². The summed E-state index contributed by atoms with van der Waals surface area (Å²) in [5.41, 5.74) is -0.873. The Morgan fingerprint density at radius 2 is 1.87 bits per heavy atom. The predicted octanol–water partition coefficient (Wildman–Crippen LogP) is 4.67. The first-order valence-corrected chi connectivity index (χ1v) is 10.2. The molecule has 2 aromatic rings. The number of benzene rings is 2. The minimum Gasteiger partial charge on any atom is -0.493 e. The minimum absolute atomic E-state index is 0.0433. The first-order valence-electron chi connectivity index (χ1n) is 15.2. The van der Waals surface area contributed by atoms with Crippen LogP contribution in [-0.4, -0.2) is 48.6 Å². The summed E-state index contributed by atoms with van der Waals surface area (Å²) >= 11 is 0. The van der Waals surface area contributed by atoms with E-state index in [1.54, 1.807) is 13.8 Å². The van der Waals surface area contributed by atoms with Crippen molar-refractivity contribution in [3.63, 3.8) is 0 Å². The summed E-state index contributed by atoms with van der Waals surface area (Å²) < 4.78 is 102. The van der Waals surface area contributed by atoms with Crippen molar-refractivity contribution < 1.29 is 27.6 Å². The fraction of sp³-hybridized carbons (Fsp3) is 0.480. The second-order valence-electron chi connectivity index (χ2n) is 7.66. The maximum atomic E-state index is 14.2. The molecule has 0 atom stereocenters. The van der Waals surface area contributed by atoms with Gasteiger partial charge < -0.3 is 19.9 Å². The van der Waals surface area contributed by atoms with Crippen LogP contribution in [0.25, 0.3) is 0 Å². The molecule has 1 N–H and O–H groups in total. The van der Waals surface area contributed by atoms with Crippen molar-refractivity contribution in [1.82, 2.24) is 15.1 Å². The van der Waals surface area contributed by atoms with E-state index >= 15 is 0 Å². The summed E-state index contributed by atoms with van der Waals surface area (Å²) in [6.45, 7) is -3.26. The predicted molar refractivity (Wildman–Crippen MR) is 121 cm³/mol. The zero-order chi connectivity index (χ0) is 31.1. The number of carbonyl (C=O) groups excluding carboxylic acids is 1. The Morgan fingerprint density at radius 3 is 2.48 bits per heavy atom. The lowest BCUT2D eigenvalue weighted by Crippen LogP contribution is -2.49. The first kappa shape index (κ1) is 13.1. The SMILES string of the molecule is [2H]c1c([2H])c(C([2H])([2H])N(C(=O)NC([2H])([2H])c2ccc(OC([2H])([2H])C(C)C)cc2)C2CCN(C)CC2)c([2H])c([2H])c1F. The van der Waals surface area contributed by atoms with Crippen molar-refractivity contribution in [2.75, 3.05) is 26.7 Å². The van der Waals surface area contributed by atoms with Crippen LogP contribution in [0.2, 0.25) is 0 Å². The van der Waals surface area contributed by atoms with Gasteiger partial charge in [0.15, 0.2) is 0 Å². The van der Waals surface area contributed by atoms with Gasteiger partial charge in [-0.2, -0.15) is 0 Å².